The highest BCUT2D eigenvalue weighted by Crippen LogP contribution is 2.30. The molecule has 0 radical (unpaired) electrons. The fourth-order valence-electron chi connectivity index (χ4n) is 2.43. The summed E-state index contributed by atoms with van der Waals surface area (Å²) in [4.78, 5) is 15.6. The maximum Gasteiger partial charge on any atom is 0.433 e. The van der Waals surface area contributed by atoms with E-state index in [1.165, 1.54) is 0 Å². The topological polar surface area (TPSA) is 51.2 Å². The Morgan fingerprint density at radius 2 is 1.70 bits per heavy atom. The molecule has 0 unspecified atom stereocenters. The van der Waals surface area contributed by atoms with Crippen molar-refractivity contribution in [1.82, 2.24) is 4.98 Å². The van der Waals surface area contributed by atoms with Gasteiger partial charge in [-0.15, -0.1) is 0 Å². The van der Waals surface area contributed by atoms with Crippen molar-refractivity contribution >= 4 is 11.8 Å². The van der Waals surface area contributed by atoms with E-state index in [-0.39, 0.29) is 29.9 Å². The van der Waals surface area contributed by atoms with Gasteiger partial charge in [-0.3, -0.25) is 0 Å². The fraction of sp³-hybridized carbons (Fsp3) is 0.400. The number of alkyl halides is 3. The predicted molar refractivity (Wildman–Crippen MR) is 97.7 cm³/mol. The fourth-order valence-corrected chi connectivity index (χ4v) is 2.43. The molecule has 0 bridgehead atoms. The Hall–Kier alpha value is -2.57. The van der Waals surface area contributed by atoms with Gasteiger partial charge in [0.1, 0.15) is 17.1 Å². The molecule has 0 saturated carbocycles. The molecular formula is C20H23F3N2O2. The van der Waals surface area contributed by atoms with Gasteiger partial charge in [0.05, 0.1) is 6.61 Å². The van der Waals surface area contributed by atoms with Crippen molar-refractivity contribution in [2.45, 2.75) is 45.8 Å². The van der Waals surface area contributed by atoms with Gasteiger partial charge in [0, 0.05) is 6.54 Å². The highest BCUT2D eigenvalue weighted by atomic mass is 19.4. The summed E-state index contributed by atoms with van der Waals surface area (Å²) in [5, 5.41) is 2.83. The molecule has 7 heteroatoms. The number of hydrogen-bond acceptors (Lipinski definition) is 4. The van der Waals surface area contributed by atoms with Crippen molar-refractivity contribution in [3.63, 3.8) is 0 Å². The number of benzene rings is 1. The molecule has 1 heterocycles. The van der Waals surface area contributed by atoms with Crippen LogP contribution in [0, 0.1) is 0 Å². The zero-order chi connectivity index (χ0) is 20.2. The van der Waals surface area contributed by atoms with Crippen LogP contribution in [-0.4, -0.2) is 17.6 Å². The number of aromatic nitrogens is 1. The number of ether oxygens (including phenoxy) is 1. The van der Waals surface area contributed by atoms with Crippen molar-refractivity contribution in [2.24, 2.45) is 0 Å². The van der Waals surface area contributed by atoms with Crippen LogP contribution in [0.4, 0.5) is 19.0 Å². The molecule has 146 valence electrons. The van der Waals surface area contributed by atoms with Crippen LogP contribution in [0.5, 0.6) is 0 Å². The first-order valence-electron chi connectivity index (χ1n) is 8.61. The molecule has 0 amide bonds. The molecule has 0 saturated heterocycles. The number of esters is 1. The van der Waals surface area contributed by atoms with Crippen LogP contribution < -0.4 is 5.32 Å². The van der Waals surface area contributed by atoms with Crippen molar-refractivity contribution < 1.29 is 22.7 Å². The van der Waals surface area contributed by atoms with Crippen LogP contribution in [0.1, 0.15) is 54.9 Å². The summed E-state index contributed by atoms with van der Waals surface area (Å²) >= 11 is 0. The number of carbonyl (C=O) groups is 1. The first-order chi connectivity index (χ1) is 12.5. The molecule has 0 spiro atoms. The second-order valence-corrected chi connectivity index (χ2v) is 7.11. The number of pyridine rings is 1. The molecule has 1 aromatic carbocycles. The van der Waals surface area contributed by atoms with Crippen LogP contribution in [0.2, 0.25) is 0 Å². The Morgan fingerprint density at radius 3 is 2.22 bits per heavy atom. The van der Waals surface area contributed by atoms with E-state index in [0.29, 0.717) is 0 Å². The minimum Gasteiger partial charge on any atom is -0.462 e. The Kier molecular flexibility index (Phi) is 6.13. The first kappa shape index (κ1) is 20.7. The molecule has 1 N–H and O–H groups in total. The monoisotopic (exact) mass is 380 g/mol. The van der Waals surface area contributed by atoms with Crippen molar-refractivity contribution in [1.29, 1.82) is 0 Å². The lowest BCUT2D eigenvalue weighted by Crippen LogP contribution is -2.16. The second-order valence-electron chi connectivity index (χ2n) is 7.11. The Balaban J connectivity index is 2.26. The van der Waals surface area contributed by atoms with E-state index in [4.69, 9.17) is 4.74 Å². The summed E-state index contributed by atoms with van der Waals surface area (Å²) in [6.07, 6.45) is -4.60. The minimum atomic E-state index is -4.60. The molecule has 1 aromatic heterocycles. The molecule has 0 aliphatic carbocycles. The van der Waals surface area contributed by atoms with Gasteiger partial charge in [-0.2, -0.15) is 13.2 Å². The van der Waals surface area contributed by atoms with E-state index in [1.54, 1.807) is 6.92 Å². The van der Waals surface area contributed by atoms with Crippen molar-refractivity contribution in [2.75, 3.05) is 11.9 Å². The lowest BCUT2D eigenvalue weighted by atomic mass is 9.87. The van der Waals surface area contributed by atoms with E-state index in [9.17, 15) is 18.0 Å². The lowest BCUT2D eigenvalue weighted by molar-refractivity contribution is -0.141. The normalized spacial score (nSPS) is 12.0. The Morgan fingerprint density at radius 1 is 1.07 bits per heavy atom. The molecule has 0 aliphatic rings. The van der Waals surface area contributed by atoms with Crippen LogP contribution in [0.15, 0.2) is 36.4 Å². The minimum absolute atomic E-state index is 0.00559. The summed E-state index contributed by atoms with van der Waals surface area (Å²) in [5.74, 6) is -0.868. The SMILES string of the molecule is CCOC(=O)c1ccc(C(F)(F)F)nc1NCc1ccc(C(C)(C)C)cc1. The average Bonchev–Trinajstić information content (AvgIpc) is 2.58. The van der Waals surface area contributed by atoms with Gasteiger partial charge in [-0.25, -0.2) is 9.78 Å². The summed E-state index contributed by atoms with van der Waals surface area (Å²) in [7, 11) is 0. The van der Waals surface area contributed by atoms with Gasteiger partial charge < -0.3 is 10.1 Å². The molecule has 0 fully saturated rings. The maximum absolute atomic E-state index is 13.0. The number of halogens is 3. The molecule has 2 rings (SSSR count). The molecule has 4 nitrogen and oxygen atoms in total. The molecular weight excluding hydrogens is 357 g/mol. The number of carbonyl (C=O) groups excluding carboxylic acids is 1. The lowest BCUT2D eigenvalue weighted by Gasteiger charge is -2.19. The highest BCUT2D eigenvalue weighted by Gasteiger charge is 2.33. The molecule has 0 aliphatic heterocycles. The van der Waals surface area contributed by atoms with Crippen LogP contribution >= 0.6 is 0 Å². The van der Waals surface area contributed by atoms with Gasteiger partial charge in [0.2, 0.25) is 0 Å². The largest absolute Gasteiger partial charge is 0.462 e. The number of hydrogen-bond donors (Lipinski definition) is 1. The Labute approximate surface area is 156 Å². The van der Waals surface area contributed by atoms with Gasteiger partial charge in [-0.05, 0) is 35.6 Å². The highest BCUT2D eigenvalue weighted by molar-refractivity contribution is 5.94. The predicted octanol–water partition coefficient (Wildman–Crippen LogP) is 5.19. The van der Waals surface area contributed by atoms with Crippen molar-refractivity contribution in [3.05, 3.63) is 58.8 Å². The zero-order valence-corrected chi connectivity index (χ0v) is 15.8. The zero-order valence-electron chi connectivity index (χ0n) is 15.8. The molecule has 27 heavy (non-hydrogen) atoms. The number of nitrogens with zero attached hydrogens (tertiary/aromatic N) is 1. The maximum atomic E-state index is 13.0. The second kappa shape index (κ2) is 7.98. The smallest absolute Gasteiger partial charge is 0.433 e. The van der Waals surface area contributed by atoms with Crippen LogP contribution in [0.3, 0.4) is 0 Å². The van der Waals surface area contributed by atoms with Gasteiger partial charge in [0.15, 0.2) is 0 Å². The number of nitrogens with one attached hydrogen (secondary N) is 1. The summed E-state index contributed by atoms with van der Waals surface area (Å²) in [6.45, 7) is 8.26. The summed E-state index contributed by atoms with van der Waals surface area (Å²) in [6, 6.07) is 9.59. The molecule has 0 atom stereocenters. The number of rotatable bonds is 5. The van der Waals surface area contributed by atoms with Gasteiger partial charge >= 0.3 is 12.1 Å². The van der Waals surface area contributed by atoms with Gasteiger partial charge in [-0.1, -0.05) is 45.0 Å². The van der Waals surface area contributed by atoms with E-state index < -0.39 is 17.8 Å². The third kappa shape index (κ3) is 5.45. The summed E-state index contributed by atoms with van der Waals surface area (Å²) in [5.41, 5.74) is 0.913. The quantitative estimate of drug-likeness (QED) is 0.726. The van der Waals surface area contributed by atoms with Crippen LogP contribution in [0.25, 0.3) is 0 Å². The van der Waals surface area contributed by atoms with Gasteiger partial charge in [0.25, 0.3) is 0 Å². The molecule has 2 aromatic rings. The van der Waals surface area contributed by atoms with E-state index in [0.717, 1.165) is 23.3 Å². The number of anilines is 1. The standard InChI is InChI=1S/C20H23F3N2O2/c1-5-27-18(26)15-10-11-16(20(21,22)23)25-17(15)24-12-13-6-8-14(9-7-13)19(2,3)4/h6-11H,5,12H2,1-4H3,(H,24,25). The van der Waals surface area contributed by atoms with E-state index in [2.05, 4.69) is 31.1 Å². The average molecular weight is 380 g/mol. The summed E-state index contributed by atoms with van der Waals surface area (Å²) < 4.78 is 43.8. The van der Waals surface area contributed by atoms with Crippen LogP contribution in [-0.2, 0) is 22.9 Å². The first-order valence-corrected chi connectivity index (χ1v) is 8.61. The third-order valence-electron chi connectivity index (χ3n) is 3.96. The van der Waals surface area contributed by atoms with E-state index >= 15 is 0 Å². The Bertz CT molecular complexity index is 794. The van der Waals surface area contributed by atoms with E-state index in [1.807, 2.05) is 24.3 Å². The van der Waals surface area contributed by atoms with Crippen molar-refractivity contribution in [3.8, 4) is 0 Å². The third-order valence-corrected chi connectivity index (χ3v) is 3.96.